The number of carbonyl (C=O) groups is 1. The summed E-state index contributed by atoms with van der Waals surface area (Å²) in [5, 5.41) is 0. The van der Waals surface area contributed by atoms with Crippen LogP contribution in [0.25, 0.3) is 0 Å². The van der Waals surface area contributed by atoms with Crippen molar-refractivity contribution in [2.75, 3.05) is 5.75 Å². The molecule has 21 heavy (non-hydrogen) atoms. The van der Waals surface area contributed by atoms with Gasteiger partial charge in [-0.05, 0) is 30.2 Å². The zero-order chi connectivity index (χ0) is 15.4. The molecule has 0 amide bonds. The molecule has 2 nitrogen and oxygen atoms in total. The average molecular weight is 308 g/mol. The lowest BCUT2D eigenvalue weighted by molar-refractivity contribution is 0.102. The van der Waals surface area contributed by atoms with Crippen molar-refractivity contribution >= 4 is 16.6 Å². The quantitative estimate of drug-likeness (QED) is 0.792. The lowest BCUT2D eigenvalue weighted by Crippen LogP contribution is -2.11. The molecular weight excluding hydrogens is 294 g/mol. The molecule has 0 heterocycles. The van der Waals surface area contributed by atoms with Gasteiger partial charge in [0.15, 0.2) is 17.4 Å². The van der Waals surface area contributed by atoms with Crippen LogP contribution in [0.4, 0.5) is 8.78 Å². The van der Waals surface area contributed by atoms with Crippen LogP contribution < -0.4 is 0 Å². The van der Waals surface area contributed by atoms with Crippen LogP contribution in [0.2, 0.25) is 0 Å². The summed E-state index contributed by atoms with van der Waals surface area (Å²) in [5.74, 6) is -2.62. The summed E-state index contributed by atoms with van der Waals surface area (Å²) in [6, 6.07) is 10.0. The van der Waals surface area contributed by atoms with Crippen molar-refractivity contribution < 1.29 is 17.8 Å². The Morgan fingerprint density at radius 3 is 2.29 bits per heavy atom. The van der Waals surface area contributed by atoms with Gasteiger partial charge >= 0.3 is 0 Å². The molecule has 0 aliphatic rings. The van der Waals surface area contributed by atoms with Crippen LogP contribution in [0.15, 0.2) is 47.4 Å². The smallest absolute Gasteiger partial charge is 0.175 e. The molecule has 0 spiro atoms. The molecule has 0 N–H and O–H groups in total. The highest BCUT2D eigenvalue weighted by atomic mass is 32.2. The Hall–Kier alpha value is -1.88. The molecule has 0 aliphatic carbocycles. The summed E-state index contributed by atoms with van der Waals surface area (Å²) in [5.41, 5.74) is 1.57. The number of ketones is 1. The summed E-state index contributed by atoms with van der Waals surface area (Å²) in [6.07, 6.45) is 0.870. The normalized spacial score (nSPS) is 12.1. The second-order valence-corrected chi connectivity index (χ2v) is 5.99. The third-order valence-electron chi connectivity index (χ3n) is 3.10. The van der Waals surface area contributed by atoms with Crippen LogP contribution in [0, 0.1) is 11.6 Å². The number of halogens is 2. The van der Waals surface area contributed by atoms with Gasteiger partial charge in [-0.1, -0.05) is 31.2 Å². The van der Waals surface area contributed by atoms with E-state index < -0.39 is 22.4 Å². The summed E-state index contributed by atoms with van der Waals surface area (Å²) in [7, 11) is -1.70. The van der Waals surface area contributed by atoms with Gasteiger partial charge in [0.05, 0.1) is 16.6 Å². The first-order valence-electron chi connectivity index (χ1n) is 6.47. The molecule has 2 aromatic carbocycles. The predicted octanol–water partition coefficient (Wildman–Crippen LogP) is 3.52. The zero-order valence-corrected chi connectivity index (χ0v) is 12.3. The van der Waals surface area contributed by atoms with Gasteiger partial charge in [0, 0.05) is 10.5 Å². The molecule has 0 saturated carbocycles. The molecular formula is C16H14F2O2S. The predicted molar refractivity (Wildman–Crippen MR) is 77.8 cm³/mol. The summed E-state index contributed by atoms with van der Waals surface area (Å²) < 4.78 is 37.9. The van der Waals surface area contributed by atoms with Gasteiger partial charge in [0.1, 0.15) is 0 Å². The van der Waals surface area contributed by atoms with Crippen molar-refractivity contribution in [3.8, 4) is 0 Å². The number of hydrogen-bond acceptors (Lipinski definition) is 2. The summed E-state index contributed by atoms with van der Waals surface area (Å²) >= 11 is 0. The van der Waals surface area contributed by atoms with E-state index in [1.54, 1.807) is 12.1 Å². The van der Waals surface area contributed by atoms with Crippen molar-refractivity contribution in [2.45, 2.75) is 18.2 Å². The second-order valence-electron chi connectivity index (χ2n) is 4.54. The Balaban J connectivity index is 2.10. The molecule has 2 rings (SSSR count). The maximum atomic E-state index is 13.1. The minimum atomic E-state index is -1.70. The second kappa shape index (κ2) is 6.72. The van der Waals surface area contributed by atoms with E-state index in [0.717, 1.165) is 24.1 Å². The van der Waals surface area contributed by atoms with Crippen LogP contribution in [-0.4, -0.2) is 15.7 Å². The van der Waals surface area contributed by atoms with Crippen LogP contribution in [-0.2, 0) is 17.2 Å². The van der Waals surface area contributed by atoms with E-state index >= 15 is 0 Å². The van der Waals surface area contributed by atoms with Gasteiger partial charge < -0.3 is 0 Å². The zero-order valence-electron chi connectivity index (χ0n) is 11.4. The highest BCUT2D eigenvalue weighted by Crippen LogP contribution is 2.14. The van der Waals surface area contributed by atoms with Crippen LogP contribution in [0.5, 0.6) is 0 Å². The first-order valence-corrected chi connectivity index (χ1v) is 7.78. The monoisotopic (exact) mass is 308 g/mol. The lowest BCUT2D eigenvalue weighted by Gasteiger charge is -2.04. The van der Waals surface area contributed by atoms with Gasteiger partial charge in [-0.15, -0.1) is 0 Å². The Labute approximate surface area is 124 Å². The Bertz CT molecular complexity index is 681. The highest BCUT2D eigenvalue weighted by Gasteiger charge is 2.14. The first kappa shape index (κ1) is 15.5. The molecule has 0 aromatic heterocycles. The molecule has 110 valence electrons. The molecule has 0 aliphatic heterocycles. The number of benzene rings is 2. The van der Waals surface area contributed by atoms with Gasteiger partial charge in [0.2, 0.25) is 0 Å². The van der Waals surface area contributed by atoms with E-state index in [9.17, 15) is 17.8 Å². The molecule has 0 fully saturated rings. The summed E-state index contributed by atoms with van der Waals surface area (Å²) in [4.78, 5) is 12.1. The van der Waals surface area contributed by atoms with Gasteiger partial charge in [-0.3, -0.25) is 9.00 Å². The van der Waals surface area contributed by atoms with Crippen molar-refractivity contribution in [1.82, 2.24) is 0 Å². The number of hydrogen-bond donors (Lipinski definition) is 0. The van der Waals surface area contributed by atoms with Crippen molar-refractivity contribution in [3.05, 3.63) is 65.2 Å². The van der Waals surface area contributed by atoms with Gasteiger partial charge in [0.25, 0.3) is 0 Å². The SMILES string of the molecule is CCc1ccc(C(=O)CS(=O)c2ccc(F)c(F)c2)cc1. The Morgan fingerprint density at radius 1 is 1.05 bits per heavy atom. The van der Waals surface area contributed by atoms with Crippen LogP contribution in [0.1, 0.15) is 22.8 Å². The molecule has 5 heteroatoms. The van der Waals surface area contributed by atoms with E-state index in [1.807, 2.05) is 19.1 Å². The van der Waals surface area contributed by atoms with E-state index in [1.165, 1.54) is 6.07 Å². The van der Waals surface area contributed by atoms with Crippen molar-refractivity contribution in [1.29, 1.82) is 0 Å². The van der Waals surface area contributed by atoms with Gasteiger partial charge in [-0.2, -0.15) is 0 Å². The molecule has 2 aromatic rings. The van der Waals surface area contributed by atoms with E-state index in [0.29, 0.717) is 5.56 Å². The third-order valence-corrected chi connectivity index (χ3v) is 4.40. The van der Waals surface area contributed by atoms with E-state index in [4.69, 9.17) is 0 Å². The molecule has 1 atom stereocenters. The minimum absolute atomic E-state index is 0.104. The van der Waals surface area contributed by atoms with E-state index in [-0.39, 0.29) is 16.4 Å². The average Bonchev–Trinajstić information content (AvgIpc) is 2.50. The fourth-order valence-electron chi connectivity index (χ4n) is 1.83. The fraction of sp³-hybridized carbons (Fsp3) is 0.188. The third kappa shape index (κ3) is 3.82. The largest absolute Gasteiger partial charge is 0.293 e. The highest BCUT2D eigenvalue weighted by molar-refractivity contribution is 7.85. The first-order chi connectivity index (χ1) is 10.0. The Morgan fingerprint density at radius 2 is 1.71 bits per heavy atom. The van der Waals surface area contributed by atoms with Crippen molar-refractivity contribution in [3.63, 3.8) is 0 Å². The molecule has 0 bridgehead atoms. The minimum Gasteiger partial charge on any atom is -0.293 e. The summed E-state index contributed by atoms with van der Waals surface area (Å²) in [6.45, 7) is 2.01. The molecule has 0 saturated heterocycles. The number of Topliss-reactive ketones (excluding diaryl/α,β-unsaturated/α-hetero) is 1. The topological polar surface area (TPSA) is 34.1 Å². The van der Waals surface area contributed by atoms with Crippen molar-refractivity contribution in [2.24, 2.45) is 0 Å². The number of aryl methyl sites for hydroxylation is 1. The maximum Gasteiger partial charge on any atom is 0.175 e. The molecule has 1 unspecified atom stereocenters. The van der Waals surface area contributed by atoms with Crippen LogP contribution in [0.3, 0.4) is 0 Å². The maximum absolute atomic E-state index is 13.1. The lowest BCUT2D eigenvalue weighted by atomic mass is 10.1. The fourth-order valence-corrected chi connectivity index (χ4v) is 2.86. The molecule has 0 radical (unpaired) electrons. The number of rotatable bonds is 5. The Kier molecular flexibility index (Phi) is 4.96. The van der Waals surface area contributed by atoms with E-state index in [2.05, 4.69) is 0 Å². The number of carbonyl (C=O) groups excluding carboxylic acids is 1. The van der Waals surface area contributed by atoms with Gasteiger partial charge in [-0.25, -0.2) is 8.78 Å². The standard InChI is InChI=1S/C16H14F2O2S/c1-2-11-3-5-12(6-4-11)16(19)10-21(20)13-7-8-14(17)15(18)9-13/h3-9H,2,10H2,1H3. The van der Waals surface area contributed by atoms with Crippen LogP contribution >= 0.6 is 0 Å².